The maximum Gasteiger partial charge on any atom is 0.256 e. The number of fused-ring (bicyclic) bond motifs is 3. The number of halogens is 2. The molecule has 2 aliphatic heterocycles. The van der Waals surface area contributed by atoms with Crippen molar-refractivity contribution in [3.05, 3.63) is 65.2 Å². The number of hydrogen-bond acceptors (Lipinski definition) is 6. The number of rotatable bonds is 5. The largest absolute Gasteiger partial charge is 0.359 e. The molecule has 1 amide bonds. The number of benzene rings is 2. The highest BCUT2D eigenvalue weighted by molar-refractivity contribution is 7.22. The van der Waals surface area contributed by atoms with Gasteiger partial charge < -0.3 is 10.2 Å². The lowest BCUT2D eigenvalue weighted by atomic mass is 9.64. The molecule has 0 unspecified atom stereocenters. The first-order valence-corrected chi connectivity index (χ1v) is 12.5. The van der Waals surface area contributed by atoms with E-state index in [1.54, 1.807) is 36.7 Å². The smallest absolute Gasteiger partial charge is 0.256 e. The van der Waals surface area contributed by atoms with Crippen molar-refractivity contribution in [2.24, 2.45) is 11.8 Å². The molecule has 0 radical (unpaired) electrons. The first-order valence-electron chi connectivity index (χ1n) is 11.3. The van der Waals surface area contributed by atoms with Crippen LogP contribution in [0.5, 0.6) is 0 Å². The van der Waals surface area contributed by atoms with E-state index >= 15 is 0 Å². The lowest BCUT2D eigenvalue weighted by molar-refractivity contribution is -0.0502. The fraction of sp³-hybridized carbons (Fsp3) is 0.333. The molecule has 3 aliphatic rings. The highest BCUT2D eigenvalue weighted by Gasteiger charge is 2.50. The van der Waals surface area contributed by atoms with Crippen LogP contribution in [0.3, 0.4) is 0 Å². The van der Waals surface area contributed by atoms with E-state index in [1.807, 2.05) is 4.90 Å². The number of nitrogens with one attached hydrogen (secondary N) is 1. The minimum Gasteiger partial charge on any atom is -0.359 e. The quantitative estimate of drug-likeness (QED) is 0.420. The Labute approximate surface area is 204 Å². The van der Waals surface area contributed by atoms with Gasteiger partial charge in [0.2, 0.25) is 0 Å². The van der Waals surface area contributed by atoms with Crippen LogP contribution in [-0.4, -0.2) is 49.4 Å². The Morgan fingerprint density at radius 3 is 2.79 bits per heavy atom. The third kappa shape index (κ3) is 3.63. The lowest BCUT2D eigenvalue weighted by Crippen LogP contribution is -2.64. The summed E-state index contributed by atoms with van der Waals surface area (Å²) in [7, 11) is 0. The zero-order chi connectivity index (χ0) is 23.4. The van der Waals surface area contributed by atoms with Gasteiger partial charge in [-0.3, -0.25) is 4.79 Å². The average Bonchev–Trinajstić information content (AvgIpc) is 3.46. The van der Waals surface area contributed by atoms with Gasteiger partial charge in [-0.15, -0.1) is 0 Å². The molecule has 2 saturated heterocycles. The van der Waals surface area contributed by atoms with E-state index in [9.17, 15) is 9.18 Å². The Balaban J connectivity index is 1.30. The standard InChI is InChI=1S/C24H22ClFN6OS/c1-13-14-8-17(9-14)31(21(13)12-27-24-30-19-4-3-16(26)11-22(19)34-24)23(33)18-10-15(25)2-5-20(18)32-28-6-7-29-32/h2-7,10-11,13-14,17,21H,8-9,12H2,1H3,(H,27,30)/t13-,14?,17?,21-/m0/s1. The monoisotopic (exact) mass is 496 g/mol. The Morgan fingerprint density at radius 1 is 1.21 bits per heavy atom. The van der Waals surface area contributed by atoms with Crippen LogP contribution in [0.1, 0.15) is 30.1 Å². The zero-order valence-corrected chi connectivity index (χ0v) is 19.9. The van der Waals surface area contributed by atoms with Crippen LogP contribution >= 0.6 is 22.9 Å². The number of aromatic nitrogens is 4. The summed E-state index contributed by atoms with van der Waals surface area (Å²) < 4.78 is 14.4. The van der Waals surface area contributed by atoms with Crippen molar-refractivity contribution in [2.75, 3.05) is 11.9 Å². The summed E-state index contributed by atoms with van der Waals surface area (Å²) in [6, 6.07) is 10.0. The summed E-state index contributed by atoms with van der Waals surface area (Å²) in [4.78, 5) is 22.0. The van der Waals surface area contributed by atoms with Gasteiger partial charge in [-0.05, 0) is 61.1 Å². The molecule has 10 heteroatoms. The van der Waals surface area contributed by atoms with E-state index in [0.29, 0.717) is 34.7 Å². The summed E-state index contributed by atoms with van der Waals surface area (Å²) in [5, 5.41) is 13.1. The summed E-state index contributed by atoms with van der Waals surface area (Å²) in [5.41, 5.74) is 1.85. The minimum absolute atomic E-state index is 0.00818. The summed E-state index contributed by atoms with van der Waals surface area (Å²) in [6.07, 6.45) is 5.19. The van der Waals surface area contributed by atoms with Crippen LogP contribution in [0.15, 0.2) is 48.8 Å². The Morgan fingerprint density at radius 2 is 2.00 bits per heavy atom. The first kappa shape index (κ1) is 21.5. The predicted octanol–water partition coefficient (Wildman–Crippen LogP) is 5.02. The molecule has 4 heterocycles. The van der Waals surface area contributed by atoms with Gasteiger partial charge in [-0.25, -0.2) is 9.37 Å². The second kappa shape index (κ2) is 8.32. The van der Waals surface area contributed by atoms with Crippen molar-refractivity contribution in [3.8, 4) is 5.69 Å². The Bertz CT molecular complexity index is 1370. The van der Waals surface area contributed by atoms with E-state index < -0.39 is 0 Å². The fourth-order valence-electron chi connectivity index (χ4n) is 5.22. The van der Waals surface area contributed by atoms with E-state index in [1.165, 1.54) is 28.3 Å². The second-order valence-electron chi connectivity index (χ2n) is 9.02. The van der Waals surface area contributed by atoms with Crippen molar-refractivity contribution < 1.29 is 9.18 Å². The molecule has 0 spiro atoms. The molecule has 4 aromatic rings. The molecule has 7 nitrogen and oxygen atoms in total. The normalized spacial score (nSPS) is 23.7. The molecule has 174 valence electrons. The fourth-order valence-corrected chi connectivity index (χ4v) is 6.29. The third-order valence-electron chi connectivity index (χ3n) is 7.12. The molecule has 1 saturated carbocycles. The molecule has 2 aromatic carbocycles. The van der Waals surface area contributed by atoms with Crippen molar-refractivity contribution in [1.29, 1.82) is 0 Å². The van der Waals surface area contributed by atoms with Crippen LogP contribution in [0, 0.1) is 17.7 Å². The number of hydrogen-bond donors (Lipinski definition) is 1. The van der Waals surface area contributed by atoms with Crippen LogP contribution < -0.4 is 5.32 Å². The third-order valence-corrected chi connectivity index (χ3v) is 8.33. The lowest BCUT2D eigenvalue weighted by Gasteiger charge is -2.57. The second-order valence-corrected chi connectivity index (χ2v) is 10.5. The molecular formula is C24H22ClFN6OS. The summed E-state index contributed by atoms with van der Waals surface area (Å²) in [6.45, 7) is 2.78. The van der Waals surface area contributed by atoms with Crippen LogP contribution in [-0.2, 0) is 0 Å². The molecule has 2 aromatic heterocycles. The minimum atomic E-state index is -0.274. The van der Waals surface area contributed by atoms with E-state index in [2.05, 4.69) is 27.4 Å². The number of carbonyl (C=O) groups is 1. The van der Waals surface area contributed by atoms with Gasteiger partial charge >= 0.3 is 0 Å². The SMILES string of the molecule is C[C@H]1C2CC(C2)N(C(=O)c2cc(Cl)ccc2-n2nccn2)[C@H]1CNc1nc2ccc(F)cc2s1. The van der Waals surface area contributed by atoms with Crippen LogP contribution in [0.2, 0.25) is 5.02 Å². The molecule has 34 heavy (non-hydrogen) atoms. The first-order chi connectivity index (χ1) is 16.5. The van der Waals surface area contributed by atoms with Crippen molar-refractivity contribution in [3.63, 3.8) is 0 Å². The molecule has 1 aliphatic carbocycles. The van der Waals surface area contributed by atoms with Gasteiger partial charge in [-0.1, -0.05) is 29.9 Å². The Hall–Kier alpha value is -3.04. The van der Waals surface area contributed by atoms with Crippen molar-refractivity contribution >= 4 is 44.2 Å². The number of amides is 1. The molecule has 2 atom stereocenters. The number of piperidine rings is 2. The summed E-state index contributed by atoms with van der Waals surface area (Å²) >= 11 is 7.72. The van der Waals surface area contributed by atoms with E-state index in [0.717, 1.165) is 28.2 Å². The molecular weight excluding hydrogens is 475 g/mol. The zero-order valence-electron chi connectivity index (χ0n) is 18.4. The summed E-state index contributed by atoms with van der Waals surface area (Å²) in [5.74, 6) is 0.600. The number of carbonyl (C=O) groups excluding carboxylic acids is 1. The molecule has 1 N–H and O–H groups in total. The van der Waals surface area contributed by atoms with Gasteiger partial charge in [0.1, 0.15) is 5.82 Å². The predicted molar refractivity (Wildman–Crippen MR) is 130 cm³/mol. The van der Waals surface area contributed by atoms with Gasteiger partial charge in [0.05, 0.1) is 39.9 Å². The maximum absolute atomic E-state index is 14.0. The molecule has 7 rings (SSSR count). The van der Waals surface area contributed by atoms with E-state index in [-0.39, 0.29) is 23.8 Å². The number of anilines is 1. The Kier molecular flexibility index (Phi) is 5.26. The van der Waals surface area contributed by atoms with Crippen molar-refractivity contribution in [1.82, 2.24) is 24.9 Å². The maximum atomic E-state index is 14.0. The average molecular weight is 497 g/mol. The van der Waals surface area contributed by atoms with Gasteiger partial charge in [0.15, 0.2) is 5.13 Å². The molecule has 2 bridgehead atoms. The van der Waals surface area contributed by atoms with Crippen molar-refractivity contribution in [2.45, 2.75) is 31.8 Å². The van der Waals surface area contributed by atoms with Gasteiger partial charge in [0.25, 0.3) is 5.91 Å². The van der Waals surface area contributed by atoms with Crippen LogP contribution in [0.25, 0.3) is 15.9 Å². The van der Waals surface area contributed by atoms with E-state index in [4.69, 9.17) is 11.6 Å². The topological polar surface area (TPSA) is 75.9 Å². The van der Waals surface area contributed by atoms with Gasteiger partial charge in [0, 0.05) is 17.6 Å². The molecule has 3 fully saturated rings. The highest BCUT2D eigenvalue weighted by atomic mass is 35.5. The highest BCUT2D eigenvalue weighted by Crippen LogP contribution is 2.47. The van der Waals surface area contributed by atoms with Gasteiger partial charge in [-0.2, -0.15) is 15.0 Å². The number of nitrogens with zero attached hydrogens (tertiary/aromatic N) is 5. The van der Waals surface area contributed by atoms with Crippen LogP contribution in [0.4, 0.5) is 9.52 Å². The number of thiazole rings is 1.